The fraction of sp³-hybridized carbons (Fsp3) is 0.308. The Morgan fingerprint density at radius 1 is 0.870 bits per heavy atom. The molecule has 2 amide bonds. The number of amides is 2. The summed E-state index contributed by atoms with van der Waals surface area (Å²) in [4.78, 5) is 66.4. The Kier molecular flexibility index (Phi) is 12.2. The van der Waals surface area contributed by atoms with Crippen molar-refractivity contribution >= 4 is 52.4 Å². The molecule has 1 saturated heterocycles. The van der Waals surface area contributed by atoms with E-state index in [1.807, 2.05) is 19.1 Å². The van der Waals surface area contributed by atoms with E-state index in [1.54, 1.807) is 78.9 Å². The number of nitrogens with zero attached hydrogens (tertiary/aromatic N) is 5. The maximum atomic E-state index is 14.0. The predicted molar refractivity (Wildman–Crippen MR) is 196 cm³/mol. The highest BCUT2D eigenvalue weighted by Crippen LogP contribution is 2.41. The Hall–Kier alpha value is -6.19. The summed E-state index contributed by atoms with van der Waals surface area (Å²) in [7, 11) is 0. The number of carbonyl (C=O) groups is 4. The first-order valence-electron chi connectivity index (χ1n) is 17.5. The van der Waals surface area contributed by atoms with E-state index >= 15 is 0 Å². The van der Waals surface area contributed by atoms with E-state index < -0.39 is 48.3 Å². The number of nitrogens with one attached hydrogen (secondary N) is 1. The van der Waals surface area contributed by atoms with Crippen LogP contribution in [0.25, 0.3) is 11.2 Å². The first kappa shape index (κ1) is 37.6. The number of aromatic nitrogens is 4. The highest BCUT2D eigenvalue weighted by atomic mass is 16.6. The third-order valence-corrected chi connectivity index (χ3v) is 8.48. The molecule has 4 atom stereocenters. The van der Waals surface area contributed by atoms with E-state index in [0.717, 1.165) is 6.42 Å². The van der Waals surface area contributed by atoms with Crippen LogP contribution in [0.4, 0.5) is 22.1 Å². The first-order chi connectivity index (χ1) is 26.2. The molecule has 0 unspecified atom stereocenters. The molecule has 2 aromatic heterocycles. The van der Waals surface area contributed by atoms with Crippen LogP contribution >= 0.6 is 0 Å². The molecular formula is C39H40N6O9. The maximum absolute atomic E-state index is 14.0. The molecule has 0 saturated carbocycles. The molecule has 15 nitrogen and oxygen atoms in total. The molecule has 1 aliphatic heterocycles. The lowest BCUT2D eigenvalue weighted by Crippen LogP contribution is -2.34. The molecule has 0 radical (unpaired) electrons. The molecule has 3 heterocycles. The molecule has 5 aromatic rings. The van der Waals surface area contributed by atoms with Crippen LogP contribution in [0.2, 0.25) is 0 Å². The van der Waals surface area contributed by atoms with Gasteiger partial charge in [0.05, 0.1) is 23.3 Å². The molecule has 1 N–H and O–H groups in total. The standard InChI is InChI=1S/C39H40N6O9/c1-4-21-50-22-20-30-31(23-51-37(48)27-14-8-5-9-15-27)53-36(33(30)52-26(3)47)44-24-40-32-34(44)42-38(41-25(2)46)43-35(32)54-39(49)45(28-16-10-6-11-17-28)29-18-12-7-13-19-29/h5-19,24,30-31,33,36H,4,20-23H2,1-3H3,(H,41,42,43,46)/t30-,31-,33-,36-/m1/s1. The SMILES string of the molecule is CCCOCC[C@H]1[C@@H](OC(C)=O)[C@H](n2cnc3c(OC(=O)N(c4ccccc4)c4ccccc4)nc(NC(C)=O)nc32)O[C@@H]1COC(=O)c1ccccc1. The smallest absolute Gasteiger partial charge is 0.425 e. The van der Waals surface area contributed by atoms with Gasteiger partial charge in [-0.25, -0.2) is 19.5 Å². The number of para-hydroxylation sites is 2. The monoisotopic (exact) mass is 736 g/mol. The van der Waals surface area contributed by atoms with Gasteiger partial charge in [0.25, 0.3) is 5.88 Å². The number of hydrogen-bond donors (Lipinski definition) is 1. The summed E-state index contributed by atoms with van der Waals surface area (Å²) in [5.74, 6) is -2.49. The molecule has 0 bridgehead atoms. The average Bonchev–Trinajstić information content (AvgIpc) is 3.74. The third-order valence-electron chi connectivity index (χ3n) is 8.48. The first-order valence-corrected chi connectivity index (χ1v) is 17.5. The molecule has 6 rings (SSSR count). The van der Waals surface area contributed by atoms with E-state index in [2.05, 4.69) is 20.3 Å². The number of imidazole rings is 1. The second kappa shape index (κ2) is 17.6. The van der Waals surface area contributed by atoms with Crippen LogP contribution < -0.4 is 15.0 Å². The van der Waals surface area contributed by atoms with E-state index in [4.69, 9.17) is 23.7 Å². The zero-order valence-electron chi connectivity index (χ0n) is 30.0. The molecule has 280 valence electrons. The Balaban J connectivity index is 1.37. The predicted octanol–water partition coefficient (Wildman–Crippen LogP) is 6.24. The van der Waals surface area contributed by atoms with Crippen molar-refractivity contribution in [3.05, 3.63) is 103 Å². The topological polar surface area (TPSA) is 173 Å². The van der Waals surface area contributed by atoms with E-state index in [-0.39, 0.29) is 29.6 Å². The van der Waals surface area contributed by atoms with Crippen molar-refractivity contribution in [1.29, 1.82) is 0 Å². The lowest BCUT2D eigenvalue weighted by Gasteiger charge is -2.24. The fourth-order valence-electron chi connectivity index (χ4n) is 6.14. The summed E-state index contributed by atoms with van der Waals surface area (Å²) in [6.07, 6.45) is -0.893. The molecule has 54 heavy (non-hydrogen) atoms. The molecule has 0 spiro atoms. The molecule has 1 aliphatic rings. The van der Waals surface area contributed by atoms with Crippen molar-refractivity contribution in [2.24, 2.45) is 5.92 Å². The highest BCUT2D eigenvalue weighted by Gasteiger charge is 2.48. The summed E-state index contributed by atoms with van der Waals surface area (Å²) >= 11 is 0. The van der Waals surface area contributed by atoms with Gasteiger partial charge in [0.2, 0.25) is 11.9 Å². The van der Waals surface area contributed by atoms with Gasteiger partial charge in [0.15, 0.2) is 23.5 Å². The number of hydrogen-bond acceptors (Lipinski definition) is 12. The second-order valence-corrected chi connectivity index (χ2v) is 12.4. The van der Waals surface area contributed by atoms with Crippen molar-refractivity contribution in [3.63, 3.8) is 0 Å². The van der Waals surface area contributed by atoms with Gasteiger partial charge in [-0.1, -0.05) is 61.5 Å². The van der Waals surface area contributed by atoms with Crippen LogP contribution in [-0.2, 0) is 28.5 Å². The summed E-state index contributed by atoms with van der Waals surface area (Å²) < 4.78 is 31.3. The van der Waals surface area contributed by atoms with E-state index in [0.29, 0.717) is 36.6 Å². The van der Waals surface area contributed by atoms with E-state index in [1.165, 1.54) is 29.6 Å². The number of esters is 2. The minimum Gasteiger partial charge on any atom is -0.459 e. The zero-order valence-corrected chi connectivity index (χ0v) is 30.0. The number of ether oxygens (including phenoxy) is 5. The fourth-order valence-corrected chi connectivity index (χ4v) is 6.14. The molecule has 15 heteroatoms. The van der Waals surface area contributed by atoms with Gasteiger partial charge in [0, 0.05) is 33.0 Å². The largest absolute Gasteiger partial charge is 0.459 e. The minimum absolute atomic E-state index is 0.0606. The summed E-state index contributed by atoms with van der Waals surface area (Å²) in [6, 6.07) is 26.4. The van der Waals surface area contributed by atoms with Gasteiger partial charge in [-0.15, -0.1) is 0 Å². The van der Waals surface area contributed by atoms with Crippen LogP contribution in [0.15, 0.2) is 97.3 Å². The normalized spacial score (nSPS) is 17.8. The Labute approximate surface area is 311 Å². The Bertz CT molecular complexity index is 2020. The highest BCUT2D eigenvalue weighted by molar-refractivity contribution is 5.98. The molecule has 0 aliphatic carbocycles. The van der Waals surface area contributed by atoms with E-state index in [9.17, 15) is 19.2 Å². The average molecular weight is 737 g/mol. The number of anilines is 3. The summed E-state index contributed by atoms with van der Waals surface area (Å²) in [5, 5.41) is 2.55. The van der Waals surface area contributed by atoms with Gasteiger partial charge >= 0.3 is 18.0 Å². The number of benzene rings is 3. The van der Waals surface area contributed by atoms with Crippen molar-refractivity contribution in [2.75, 3.05) is 30.0 Å². The van der Waals surface area contributed by atoms with Gasteiger partial charge in [-0.2, -0.15) is 9.97 Å². The lowest BCUT2D eigenvalue weighted by atomic mass is 9.94. The van der Waals surface area contributed by atoms with Crippen LogP contribution in [0.1, 0.15) is 50.2 Å². The summed E-state index contributed by atoms with van der Waals surface area (Å²) in [5.41, 5.74) is 1.60. The van der Waals surface area contributed by atoms with Crippen molar-refractivity contribution < 1.29 is 42.9 Å². The van der Waals surface area contributed by atoms with Crippen LogP contribution in [-0.4, -0.2) is 75.5 Å². The van der Waals surface area contributed by atoms with Gasteiger partial charge in [-0.05, 0) is 49.2 Å². The number of carbonyl (C=O) groups excluding carboxylic acids is 4. The molecular weight excluding hydrogens is 696 g/mol. The van der Waals surface area contributed by atoms with Crippen molar-refractivity contribution in [3.8, 4) is 5.88 Å². The van der Waals surface area contributed by atoms with Gasteiger partial charge in [0.1, 0.15) is 12.7 Å². The molecule has 1 fully saturated rings. The maximum Gasteiger partial charge on any atom is 0.425 e. The van der Waals surface area contributed by atoms with Crippen molar-refractivity contribution in [1.82, 2.24) is 19.5 Å². The zero-order chi connectivity index (χ0) is 38.0. The number of fused-ring (bicyclic) bond motifs is 1. The van der Waals surface area contributed by atoms with Crippen LogP contribution in [0.5, 0.6) is 5.88 Å². The van der Waals surface area contributed by atoms with Crippen LogP contribution in [0.3, 0.4) is 0 Å². The minimum atomic E-state index is -1.04. The Morgan fingerprint density at radius 2 is 1.52 bits per heavy atom. The van der Waals surface area contributed by atoms with Gasteiger partial charge in [-0.3, -0.25) is 19.5 Å². The lowest BCUT2D eigenvalue weighted by molar-refractivity contribution is -0.154. The van der Waals surface area contributed by atoms with Gasteiger partial charge < -0.3 is 23.7 Å². The Morgan fingerprint density at radius 3 is 2.13 bits per heavy atom. The summed E-state index contributed by atoms with van der Waals surface area (Å²) in [6.45, 7) is 5.27. The second-order valence-electron chi connectivity index (χ2n) is 12.4. The third kappa shape index (κ3) is 8.87. The quantitative estimate of drug-likeness (QED) is 0.101. The van der Waals surface area contributed by atoms with Crippen LogP contribution in [0, 0.1) is 5.92 Å². The number of rotatable bonds is 14. The van der Waals surface area contributed by atoms with Crippen molar-refractivity contribution in [2.45, 2.75) is 52.0 Å². The molecule has 3 aromatic carbocycles.